The predicted molar refractivity (Wildman–Crippen MR) is 299 cm³/mol. The quantitative estimate of drug-likeness (QED) is 0.0444. The third kappa shape index (κ3) is 9.07. The number of anilines is 3. The molecular formula is C67H65NSi. The molecule has 0 bridgehead atoms. The molecule has 0 atom stereocenters. The maximum atomic E-state index is 2.57. The van der Waals surface area contributed by atoms with Crippen molar-refractivity contribution in [2.45, 2.75) is 83.5 Å². The first-order chi connectivity index (χ1) is 34.1. The molecule has 0 aliphatic heterocycles. The highest BCUT2D eigenvalue weighted by atomic mass is 28.3. The monoisotopic (exact) mass is 911 g/mol. The fraction of sp³-hybridized carbons (Fsp3) is 0.194. The lowest BCUT2D eigenvalue weighted by atomic mass is 9.70. The second kappa shape index (κ2) is 21.1. The third-order valence-electron chi connectivity index (χ3n) is 15.1. The fourth-order valence-corrected chi connectivity index (χ4v) is 16.4. The van der Waals surface area contributed by atoms with Crippen LogP contribution in [-0.2, 0) is 5.41 Å². The summed E-state index contributed by atoms with van der Waals surface area (Å²) in [4.78, 5) is 2.43. The lowest BCUT2D eigenvalue weighted by molar-refractivity contribution is 0.401. The Morgan fingerprint density at radius 2 is 0.696 bits per heavy atom. The van der Waals surface area contributed by atoms with Crippen LogP contribution in [0.3, 0.4) is 0 Å². The summed E-state index contributed by atoms with van der Waals surface area (Å²) in [5.41, 5.74) is 14.4. The molecule has 0 amide bonds. The zero-order valence-corrected chi connectivity index (χ0v) is 41.5. The highest BCUT2D eigenvalue weighted by Gasteiger charge is 2.43. The Bertz CT molecular complexity index is 2930. The van der Waals surface area contributed by atoms with Crippen molar-refractivity contribution >= 4 is 45.9 Å². The summed E-state index contributed by atoms with van der Waals surface area (Å²) in [5.74, 6) is 0. The maximum Gasteiger partial charge on any atom is 0.179 e. The van der Waals surface area contributed by atoms with Crippen molar-refractivity contribution in [2.24, 2.45) is 0 Å². The van der Waals surface area contributed by atoms with Gasteiger partial charge in [0.05, 0.1) is 0 Å². The Kier molecular flexibility index (Phi) is 14.0. The van der Waals surface area contributed by atoms with Gasteiger partial charge in [0.25, 0.3) is 0 Å². The molecule has 342 valence electrons. The number of nitrogens with zero attached hydrogens (tertiary/aromatic N) is 1. The van der Waals surface area contributed by atoms with Gasteiger partial charge in [0.15, 0.2) is 8.07 Å². The van der Waals surface area contributed by atoms with E-state index >= 15 is 0 Å². The van der Waals surface area contributed by atoms with E-state index in [1.807, 2.05) is 0 Å². The maximum absolute atomic E-state index is 2.69. The third-order valence-corrected chi connectivity index (χ3v) is 19.8. The first kappa shape index (κ1) is 45.8. The Balaban J connectivity index is 1.05. The minimum atomic E-state index is -2.69. The molecule has 0 aromatic heterocycles. The zero-order valence-electron chi connectivity index (χ0n) is 40.5. The number of fused-ring (bicyclic) bond motifs is 3. The largest absolute Gasteiger partial charge is 0.311 e. The molecule has 0 heterocycles. The molecule has 9 aromatic rings. The average molecular weight is 912 g/mol. The number of rotatable bonds is 19. The Labute approximate surface area is 413 Å². The zero-order chi connectivity index (χ0) is 46.9. The Hall–Kier alpha value is -7.00. The van der Waals surface area contributed by atoms with Crippen LogP contribution in [-0.4, -0.2) is 8.07 Å². The highest BCUT2D eigenvalue weighted by molar-refractivity contribution is 7.19. The normalized spacial score (nSPS) is 12.6. The molecule has 0 saturated heterocycles. The van der Waals surface area contributed by atoms with E-state index in [1.54, 1.807) is 11.1 Å². The first-order valence-electron chi connectivity index (χ1n) is 25.7. The molecule has 0 spiro atoms. The van der Waals surface area contributed by atoms with E-state index in [4.69, 9.17) is 0 Å². The number of hydrogen-bond donors (Lipinski definition) is 0. The Morgan fingerprint density at radius 3 is 1.19 bits per heavy atom. The van der Waals surface area contributed by atoms with Crippen LogP contribution in [0.15, 0.2) is 237 Å². The lowest BCUT2D eigenvalue weighted by Crippen LogP contribution is -2.74. The van der Waals surface area contributed by atoms with Crippen LogP contribution >= 0.6 is 0 Å². The van der Waals surface area contributed by atoms with Gasteiger partial charge in [0, 0.05) is 22.5 Å². The first-order valence-corrected chi connectivity index (χ1v) is 27.7. The van der Waals surface area contributed by atoms with Crippen LogP contribution in [0.1, 0.15) is 89.2 Å². The van der Waals surface area contributed by atoms with E-state index in [0.717, 1.165) is 17.1 Å². The van der Waals surface area contributed by atoms with Crippen LogP contribution < -0.4 is 25.6 Å². The Morgan fingerprint density at radius 1 is 0.319 bits per heavy atom. The van der Waals surface area contributed by atoms with Gasteiger partial charge in [0.2, 0.25) is 0 Å². The summed E-state index contributed by atoms with van der Waals surface area (Å²) in [6, 6.07) is 89.0. The van der Waals surface area contributed by atoms with Crippen molar-refractivity contribution in [3.8, 4) is 33.4 Å². The molecule has 0 N–H and O–H groups in total. The summed E-state index contributed by atoms with van der Waals surface area (Å²) in [7, 11) is -2.69. The van der Waals surface area contributed by atoms with Crippen molar-refractivity contribution < 1.29 is 0 Å². The number of unbranched alkanes of at least 4 members (excludes halogenated alkanes) is 6. The van der Waals surface area contributed by atoms with Gasteiger partial charge < -0.3 is 4.90 Å². The van der Waals surface area contributed by atoms with E-state index < -0.39 is 8.07 Å². The fourth-order valence-electron chi connectivity index (χ4n) is 11.6. The molecule has 0 saturated carbocycles. The molecule has 69 heavy (non-hydrogen) atoms. The summed E-state index contributed by atoms with van der Waals surface area (Å²) in [6.45, 7) is 4.65. The highest BCUT2D eigenvalue weighted by Crippen LogP contribution is 2.55. The van der Waals surface area contributed by atoms with Gasteiger partial charge in [-0.05, 0) is 121 Å². The van der Waals surface area contributed by atoms with Gasteiger partial charge in [0.1, 0.15) is 0 Å². The molecule has 0 radical (unpaired) electrons. The molecule has 10 rings (SSSR count). The van der Waals surface area contributed by atoms with Gasteiger partial charge >= 0.3 is 0 Å². The van der Waals surface area contributed by atoms with Crippen LogP contribution in [0.2, 0.25) is 0 Å². The van der Waals surface area contributed by atoms with Crippen molar-refractivity contribution in [1.29, 1.82) is 0 Å². The smallest absolute Gasteiger partial charge is 0.179 e. The van der Waals surface area contributed by atoms with Gasteiger partial charge in [-0.2, -0.15) is 0 Å². The van der Waals surface area contributed by atoms with Gasteiger partial charge in [-0.1, -0.05) is 259 Å². The van der Waals surface area contributed by atoms with Crippen molar-refractivity contribution in [2.75, 3.05) is 4.90 Å². The van der Waals surface area contributed by atoms with E-state index in [-0.39, 0.29) is 5.41 Å². The molecule has 0 fully saturated rings. The molecule has 9 aromatic carbocycles. The molecule has 1 aliphatic rings. The molecule has 0 unspecified atom stereocenters. The van der Waals surface area contributed by atoms with Crippen molar-refractivity contribution in [3.63, 3.8) is 0 Å². The van der Waals surface area contributed by atoms with Gasteiger partial charge in [-0.3, -0.25) is 0 Å². The molecular weight excluding hydrogens is 847 g/mol. The van der Waals surface area contributed by atoms with Crippen LogP contribution in [0, 0.1) is 0 Å². The summed E-state index contributed by atoms with van der Waals surface area (Å²) >= 11 is 0. The van der Waals surface area contributed by atoms with Crippen molar-refractivity contribution in [1.82, 2.24) is 0 Å². The predicted octanol–water partition coefficient (Wildman–Crippen LogP) is 16.1. The number of hydrogen-bond acceptors (Lipinski definition) is 1. The van der Waals surface area contributed by atoms with Gasteiger partial charge in [-0.25, -0.2) is 0 Å². The minimum Gasteiger partial charge on any atom is -0.311 e. The van der Waals surface area contributed by atoms with Crippen LogP contribution in [0.5, 0.6) is 0 Å². The van der Waals surface area contributed by atoms with Crippen LogP contribution in [0.4, 0.5) is 17.1 Å². The van der Waals surface area contributed by atoms with E-state index in [1.165, 1.54) is 118 Å². The second-order valence-electron chi connectivity index (χ2n) is 19.2. The van der Waals surface area contributed by atoms with E-state index in [9.17, 15) is 0 Å². The second-order valence-corrected chi connectivity index (χ2v) is 23.0. The molecule has 2 heteroatoms. The minimum absolute atomic E-state index is 0.0558. The molecule has 1 nitrogen and oxygen atoms in total. The van der Waals surface area contributed by atoms with Gasteiger partial charge in [-0.15, -0.1) is 0 Å². The molecule has 1 aliphatic carbocycles. The summed E-state index contributed by atoms with van der Waals surface area (Å²) in [6.07, 6.45) is 12.7. The van der Waals surface area contributed by atoms with Crippen molar-refractivity contribution in [3.05, 3.63) is 248 Å². The average Bonchev–Trinajstić information content (AvgIpc) is 3.69. The summed E-state index contributed by atoms with van der Waals surface area (Å²) < 4.78 is 0. The topological polar surface area (TPSA) is 3.24 Å². The standard InChI is InChI=1S/C67H65NSi/c1-3-5-7-23-49-67(50-24-8-6-4-2)65-34-22-21-33-63(65)64-48-39-55(51-66(64)67)54-37-42-57(43-38-54)68(56-40-35-53(36-41-56)52-25-13-9-14-26-52)58-44-46-62(47-45-58)69(59-27-15-10-16-28-59,60-29-17-11-18-30-60)61-31-19-12-20-32-61/h9-22,25-48,51H,3-8,23-24,49-50H2,1-2H3. The summed E-state index contributed by atoms with van der Waals surface area (Å²) in [5, 5.41) is 5.48. The lowest BCUT2D eigenvalue weighted by Gasteiger charge is -2.35. The number of benzene rings is 9. The van der Waals surface area contributed by atoms with E-state index in [0.29, 0.717) is 0 Å². The SMILES string of the molecule is CCCCCCC1(CCCCCC)c2ccccc2-c2ccc(-c3ccc(N(c4ccc(-c5ccccc5)cc4)c4ccc([Si](c5ccccc5)(c5ccccc5)c5ccccc5)cc4)cc3)cc21. The van der Waals surface area contributed by atoms with E-state index in [2.05, 4.69) is 255 Å². The van der Waals surface area contributed by atoms with Crippen LogP contribution in [0.25, 0.3) is 33.4 Å².